The molecule has 0 amide bonds. The van der Waals surface area contributed by atoms with Gasteiger partial charge in [0.1, 0.15) is 24.3 Å². The van der Waals surface area contributed by atoms with Crippen molar-refractivity contribution in [1.82, 2.24) is 9.55 Å². The van der Waals surface area contributed by atoms with Gasteiger partial charge < -0.3 is 25.0 Å². The SMILES string of the molecule is C#C[C@@H]1O[C@@H](n2ccc(N)nc2=O)C[C@H]1OC[P+]([O-])([O-])O. The Morgan fingerprint density at radius 1 is 1.71 bits per heavy atom. The van der Waals surface area contributed by atoms with Crippen LogP contribution in [0.5, 0.6) is 0 Å². The van der Waals surface area contributed by atoms with Crippen LogP contribution >= 0.6 is 7.94 Å². The van der Waals surface area contributed by atoms with E-state index in [-0.39, 0.29) is 12.2 Å². The molecule has 1 fully saturated rings. The molecule has 2 rings (SSSR count). The van der Waals surface area contributed by atoms with E-state index in [9.17, 15) is 14.6 Å². The van der Waals surface area contributed by atoms with Gasteiger partial charge in [0.05, 0.1) is 7.94 Å². The Kier molecular flexibility index (Phi) is 4.58. The third-order valence-corrected chi connectivity index (χ3v) is 3.33. The minimum absolute atomic E-state index is 0.0723. The van der Waals surface area contributed by atoms with Gasteiger partial charge in [-0.05, 0) is 6.07 Å². The lowest BCUT2D eigenvalue weighted by atomic mass is 10.2. The van der Waals surface area contributed by atoms with Crippen molar-refractivity contribution in [3.63, 3.8) is 0 Å². The monoisotopic (exact) mass is 314 g/mol. The number of aromatic nitrogens is 2. The highest BCUT2D eigenvalue weighted by Crippen LogP contribution is 2.37. The van der Waals surface area contributed by atoms with E-state index < -0.39 is 38.4 Å². The normalized spacial score (nSPS) is 25.7. The highest BCUT2D eigenvalue weighted by molar-refractivity contribution is 7.55. The maximum absolute atomic E-state index is 11.7. The summed E-state index contributed by atoms with van der Waals surface area (Å²) in [6, 6.07) is 1.42. The number of ether oxygens (including phenoxy) is 2. The van der Waals surface area contributed by atoms with Gasteiger partial charge in [-0.1, -0.05) is 5.92 Å². The maximum Gasteiger partial charge on any atom is 0.351 e. The van der Waals surface area contributed by atoms with E-state index >= 15 is 0 Å². The van der Waals surface area contributed by atoms with Crippen LogP contribution in [0.25, 0.3) is 0 Å². The molecule has 1 saturated heterocycles. The molecule has 0 unspecified atom stereocenters. The van der Waals surface area contributed by atoms with Crippen molar-refractivity contribution in [3.8, 4) is 12.3 Å². The molecule has 21 heavy (non-hydrogen) atoms. The predicted molar refractivity (Wildman–Crippen MR) is 69.1 cm³/mol. The minimum Gasteiger partial charge on any atom is -0.658 e. The Labute approximate surface area is 120 Å². The molecule has 0 radical (unpaired) electrons. The third kappa shape index (κ3) is 3.98. The average molecular weight is 314 g/mol. The quantitative estimate of drug-likeness (QED) is 0.460. The van der Waals surface area contributed by atoms with Crippen molar-refractivity contribution < 1.29 is 24.2 Å². The molecule has 0 spiro atoms. The molecule has 114 valence electrons. The van der Waals surface area contributed by atoms with Crippen LogP contribution in [-0.4, -0.2) is 33.0 Å². The summed E-state index contributed by atoms with van der Waals surface area (Å²) in [5.41, 5.74) is 4.77. The van der Waals surface area contributed by atoms with Crippen molar-refractivity contribution in [2.75, 3.05) is 12.1 Å². The number of terminal acetylenes is 1. The lowest BCUT2D eigenvalue weighted by Crippen LogP contribution is -2.30. The summed E-state index contributed by atoms with van der Waals surface area (Å²) in [5.74, 6) is 2.37. The van der Waals surface area contributed by atoms with E-state index in [1.54, 1.807) is 0 Å². The van der Waals surface area contributed by atoms with Crippen molar-refractivity contribution in [2.24, 2.45) is 0 Å². The second kappa shape index (κ2) is 6.07. The van der Waals surface area contributed by atoms with Gasteiger partial charge in [-0.2, -0.15) is 4.98 Å². The average Bonchev–Trinajstić information content (AvgIpc) is 2.78. The van der Waals surface area contributed by atoms with E-state index in [0.717, 1.165) is 0 Å². The molecule has 2 heterocycles. The fourth-order valence-electron chi connectivity index (χ4n) is 1.95. The topological polar surface area (TPSA) is 146 Å². The summed E-state index contributed by atoms with van der Waals surface area (Å²) >= 11 is 0. The zero-order chi connectivity index (χ0) is 15.6. The molecular formula is C11H13N3O6P-. The molecule has 1 aliphatic heterocycles. The Morgan fingerprint density at radius 2 is 2.43 bits per heavy atom. The van der Waals surface area contributed by atoms with E-state index in [4.69, 9.17) is 26.5 Å². The third-order valence-electron chi connectivity index (χ3n) is 2.85. The highest BCUT2D eigenvalue weighted by Gasteiger charge is 2.37. The molecule has 1 aromatic heterocycles. The molecule has 3 N–H and O–H groups in total. The van der Waals surface area contributed by atoms with Gasteiger partial charge in [-0.3, -0.25) is 9.46 Å². The molecule has 10 heteroatoms. The van der Waals surface area contributed by atoms with Gasteiger partial charge in [0.15, 0.2) is 6.35 Å². The van der Waals surface area contributed by atoms with Gasteiger partial charge >= 0.3 is 5.69 Å². The highest BCUT2D eigenvalue weighted by atomic mass is 31.2. The molecule has 0 saturated carbocycles. The summed E-state index contributed by atoms with van der Waals surface area (Å²) in [6.07, 6.45) is 3.59. The van der Waals surface area contributed by atoms with E-state index in [0.29, 0.717) is 0 Å². The van der Waals surface area contributed by atoms with Gasteiger partial charge in [-0.15, -0.1) is 6.42 Å². The van der Waals surface area contributed by atoms with Crippen molar-refractivity contribution >= 4 is 13.8 Å². The van der Waals surface area contributed by atoms with E-state index in [1.807, 2.05) is 0 Å². The van der Waals surface area contributed by atoms with Gasteiger partial charge in [-0.25, -0.2) is 4.79 Å². The molecule has 0 bridgehead atoms. The van der Waals surface area contributed by atoms with Crippen LogP contribution in [0.1, 0.15) is 12.6 Å². The number of hydrogen-bond acceptors (Lipinski definition) is 8. The minimum atomic E-state index is -4.56. The summed E-state index contributed by atoms with van der Waals surface area (Å²) in [4.78, 5) is 45.4. The zero-order valence-electron chi connectivity index (χ0n) is 10.8. The summed E-state index contributed by atoms with van der Waals surface area (Å²) in [6.45, 7) is 0. The molecule has 0 aromatic carbocycles. The second-order valence-electron chi connectivity index (χ2n) is 4.43. The van der Waals surface area contributed by atoms with Crippen LogP contribution in [0, 0.1) is 12.3 Å². The first-order chi connectivity index (χ1) is 9.80. The molecule has 1 aliphatic rings. The summed E-state index contributed by atoms with van der Waals surface area (Å²) in [5, 5.41) is 0. The molecule has 9 nitrogen and oxygen atoms in total. The van der Waals surface area contributed by atoms with Crippen molar-refractivity contribution in [1.29, 1.82) is 0 Å². The summed E-state index contributed by atoms with van der Waals surface area (Å²) < 4.78 is 11.7. The fourth-order valence-corrected chi connectivity index (χ4v) is 2.33. The Balaban J connectivity index is 2.11. The van der Waals surface area contributed by atoms with E-state index in [1.165, 1.54) is 16.8 Å². The standard InChI is InChI=1S/C11H14N3O6P/c1-2-7-8(19-6-21(16,17)18)5-10(20-7)14-4-3-9(12)13-11(14)15/h1,3-4,7-8,10H,5-6H2,(H2,12,13,15)(H2,16,17,18)/p-1/t7-,8+,10+/m0/s1. The van der Waals surface area contributed by atoms with Crippen LogP contribution in [0.4, 0.5) is 5.82 Å². The second-order valence-corrected chi connectivity index (χ2v) is 5.96. The number of hydrogen-bond donors (Lipinski definition) is 2. The molecule has 1 aromatic rings. The van der Waals surface area contributed by atoms with Crippen LogP contribution in [0.15, 0.2) is 17.1 Å². The molecular weight excluding hydrogens is 301 g/mol. The first-order valence-electron chi connectivity index (χ1n) is 5.91. The first kappa shape index (κ1) is 15.9. The number of nitrogens with two attached hydrogens (primary N) is 1. The van der Waals surface area contributed by atoms with Gasteiger partial charge in [0.25, 0.3) is 0 Å². The van der Waals surface area contributed by atoms with Crippen LogP contribution in [0.3, 0.4) is 0 Å². The maximum atomic E-state index is 11.7. The van der Waals surface area contributed by atoms with Crippen LogP contribution in [-0.2, 0) is 9.47 Å². The largest absolute Gasteiger partial charge is 0.658 e. The molecule has 3 atom stereocenters. The number of nitrogens with zero attached hydrogens (tertiary/aromatic N) is 2. The number of nitrogen functional groups attached to an aromatic ring is 1. The smallest absolute Gasteiger partial charge is 0.351 e. The Morgan fingerprint density at radius 3 is 3.00 bits per heavy atom. The number of anilines is 1. The van der Waals surface area contributed by atoms with Gasteiger partial charge in [0, 0.05) is 12.6 Å². The first-order valence-corrected chi connectivity index (χ1v) is 7.67. The lowest BCUT2D eigenvalue weighted by molar-refractivity contribution is -0.337. The zero-order valence-corrected chi connectivity index (χ0v) is 11.7. The Hall–Kier alpha value is -1.53. The molecule has 0 aliphatic carbocycles. The fraction of sp³-hybridized carbons (Fsp3) is 0.455. The van der Waals surface area contributed by atoms with Crippen LogP contribution < -0.4 is 21.2 Å². The van der Waals surface area contributed by atoms with Crippen molar-refractivity contribution in [3.05, 3.63) is 22.7 Å². The van der Waals surface area contributed by atoms with E-state index in [2.05, 4.69) is 10.9 Å². The Bertz CT molecular complexity index is 607. The lowest BCUT2D eigenvalue weighted by Gasteiger charge is -2.28. The summed E-state index contributed by atoms with van der Waals surface area (Å²) in [7, 11) is -4.56. The van der Waals surface area contributed by atoms with Gasteiger partial charge in [0.2, 0.25) is 0 Å². The van der Waals surface area contributed by atoms with Crippen LogP contribution in [0.2, 0.25) is 0 Å². The van der Waals surface area contributed by atoms with Crippen molar-refractivity contribution in [2.45, 2.75) is 24.9 Å². The number of rotatable bonds is 4. The predicted octanol–water partition coefficient (Wildman–Crippen LogP) is -2.44.